The van der Waals surface area contributed by atoms with Crippen LogP contribution in [0.1, 0.15) is 45.1 Å². The van der Waals surface area contributed by atoms with E-state index in [0.29, 0.717) is 5.13 Å². The molecule has 2 aromatic heterocycles. The summed E-state index contributed by atoms with van der Waals surface area (Å²) < 4.78 is 2.59. The molecule has 2 aromatic rings. The monoisotopic (exact) mass is 370 g/mol. The lowest BCUT2D eigenvalue weighted by molar-refractivity contribution is -0.119. The standard InChI is InChI=1S/C14H19BrN4OS/c1-8-10(15)6-16-19(8)9(2)12(20)18-13-17-11(7-21-13)14(3,4)5/h6-7,9H,1-5H3,(H,17,18,20). The van der Waals surface area contributed by atoms with Gasteiger partial charge >= 0.3 is 0 Å². The van der Waals surface area contributed by atoms with Gasteiger partial charge in [0.15, 0.2) is 5.13 Å². The summed E-state index contributed by atoms with van der Waals surface area (Å²) in [6.45, 7) is 10.0. The van der Waals surface area contributed by atoms with Crippen molar-refractivity contribution in [3.05, 3.63) is 27.4 Å². The maximum atomic E-state index is 12.3. The van der Waals surface area contributed by atoms with Gasteiger partial charge in [0, 0.05) is 10.8 Å². The first-order chi connectivity index (χ1) is 9.70. The number of carbonyl (C=O) groups excluding carboxylic acids is 1. The first-order valence-corrected chi connectivity index (χ1v) is 8.34. The maximum Gasteiger partial charge on any atom is 0.250 e. The number of carbonyl (C=O) groups is 1. The Labute approximate surface area is 136 Å². The van der Waals surface area contributed by atoms with Gasteiger partial charge in [-0.25, -0.2) is 4.98 Å². The highest BCUT2D eigenvalue weighted by Gasteiger charge is 2.21. The van der Waals surface area contributed by atoms with Crippen LogP contribution in [0.25, 0.3) is 0 Å². The molecule has 114 valence electrons. The zero-order valence-corrected chi connectivity index (χ0v) is 15.2. The van der Waals surface area contributed by atoms with Crippen molar-refractivity contribution in [2.24, 2.45) is 0 Å². The number of hydrogen-bond acceptors (Lipinski definition) is 4. The summed E-state index contributed by atoms with van der Waals surface area (Å²) in [5, 5.41) is 9.68. The number of aromatic nitrogens is 3. The smallest absolute Gasteiger partial charge is 0.250 e. The predicted molar refractivity (Wildman–Crippen MR) is 88.8 cm³/mol. The van der Waals surface area contributed by atoms with Gasteiger partial charge in [-0.3, -0.25) is 9.48 Å². The molecule has 1 atom stereocenters. The van der Waals surface area contributed by atoms with Gasteiger partial charge in [0.25, 0.3) is 5.91 Å². The highest BCUT2D eigenvalue weighted by molar-refractivity contribution is 9.10. The van der Waals surface area contributed by atoms with Gasteiger partial charge in [0.1, 0.15) is 6.04 Å². The fourth-order valence-electron chi connectivity index (χ4n) is 1.79. The van der Waals surface area contributed by atoms with Gasteiger partial charge < -0.3 is 5.32 Å². The lowest BCUT2D eigenvalue weighted by atomic mass is 9.93. The molecule has 1 N–H and O–H groups in total. The van der Waals surface area contributed by atoms with E-state index in [2.05, 4.69) is 52.1 Å². The molecule has 2 heterocycles. The Balaban J connectivity index is 2.11. The Morgan fingerprint density at radius 2 is 2.14 bits per heavy atom. The van der Waals surface area contributed by atoms with Crippen molar-refractivity contribution in [1.29, 1.82) is 0 Å². The largest absolute Gasteiger partial charge is 0.300 e. The molecule has 1 amide bonds. The van der Waals surface area contributed by atoms with Gasteiger partial charge in [-0.2, -0.15) is 5.10 Å². The summed E-state index contributed by atoms with van der Waals surface area (Å²) in [6.07, 6.45) is 1.69. The second-order valence-electron chi connectivity index (χ2n) is 5.98. The van der Waals surface area contributed by atoms with Gasteiger partial charge in [0.2, 0.25) is 0 Å². The van der Waals surface area contributed by atoms with E-state index in [4.69, 9.17) is 0 Å². The molecule has 5 nitrogen and oxygen atoms in total. The minimum atomic E-state index is -0.390. The molecule has 7 heteroatoms. The molecule has 0 bridgehead atoms. The highest BCUT2D eigenvalue weighted by atomic mass is 79.9. The van der Waals surface area contributed by atoms with Crippen LogP contribution < -0.4 is 5.32 Å². The summed E-state index contributed by atoms with van der Waals surface area (Å²) in [5.74, 6) is -0.122. The summed E-state index contributed by atoms with van der Waals surface area (Å²) in [5.41, 5.74) is 1.88. The summed E-state index contributed by atoms with van der Waals surface area (Å²) in [4.78, 5) is 16.8. The van der Waals surface area contributed by atoms with Crippen molar-refractivity contribution in [2.45, 2.75) is 46.1 Å². The number of thiazole rings is 1. The molecule has 1 unspecified atom stereocenters. The molecular weight excluding hydrogens is 352 g/mol. The average Bonchev–Trinajstić information content (AvgIpc) is 2.97. The molecule has 21 heavy (non-hydrogen) atoms. The summed E-state index contributed by atoms with van der Waals surface area (Å²) in [6, 6.07) is -0.390. The van der Waals surface area contributed by atoms with Crippen LogP contribution in [0.5, 0.6) is 0 Å². The third-order valence-corrected chi connectivity index (χ3v) is 4.77. The second-order valence-corrected chi connectivity index (χ2v) is 7.69. The fraction of sp³-hybridized carbons (Fsp3) is 0.500. The third-order valence-electron chi connectivity index (χ3n) is 3.23. The number of amides is 1. The van der Waals surface area contributed by atoms with Crippen LogP contribution in [0.15, 0.2) is 16.0 Å². The number of anilines is 1. The van der Waals surface area contributed by atoms with Crippen LogP contribution in [0, 0.1) is 6.92 Å². The van der Waals surface area contributed by atoms with Crippen molar-refractivity contribution in [3.8, 4) is 0 Å². The molecule has 2 rings (SSSR count). The highest BCUT2D eigenvalue weighted by Crippen LogP contribution is 2.27. The quantitative estimate of drug-likeness (QED) is 0.890. The number of nitrogens with one attached hydrogen (secondary N) is 1. The molecule has 0 aliphatic heterocycles. The normalized spacial score (nSPS) is 13.2. The van der Waals surface area contributed by atoms with E-state index in [1.807, 2.05) is 19.2 Å². The van der Waals surface area contributed by atoms with Gasteiger partial charge in [0.05, 0.1) is 22.1 Å². The molecule has 0 saturated carbocycles. The average molecular weight is 371 g/mol. The van der Waals surface area contributed by atoms with Crippen molar-refractivity contribution < 1.29 is 4.79 Å². The van der Waals surface area contributed by atoms with Crippen LogP contribution >= 0.6 is 27.3 Å². The SMILES string of the molecule is Cc1c(Br)cnn1C(C)C(=O)Nc1nc(C(C)(C)C)cs1. The lowest BCUT2D eigenvalue weighted by Gasteiger charge is -2.15. The van der Waals surface area contributed by atoms with E-state index in [9.17, 15) is 4.79 Å². The topological polar surface area (TPSA) is 59.8 Å². The van der Waals surface area contributed by atoms with Crippen molar-refractivity contribution in [1.82, 2.24) is 14.8 Å². The summed E-state index contributed by atoms with van der Waals surface area (Å²) >= 11 is 4.84. The second kappa shape index (κ2) is 5.88. The van der Waals surface area contributed by atoms with Crippen LogP contribution in [-0.4, -0.2) is 20.7 Å². The number of rotatable bonds is 3. The minimum absolute atomic E-state index is 0.0193. The van der Waals surface area contributed by atoms with Gasteiger partial charge in [-0.1, -0.05) is 20.8 Å². The number of halogens is 1. The molecule has 0 aromatic carbocycles. The van der Waals surface area contributed by atoms with E-state index in [0.717, 1.165) is 15.9 Å². The molecule has 0 radical (unpaired) electrons. The molecular formula is C14H19BrN4OS. The Morgan fingerprint density at radius 1 is 1.48 bits per heavy atom. The molecule has 0 fully saturated rings. The minimum Gasteiger partial charge on any atom is -0.300 e. The van der Waals surface area contributed by atoms with Crippen LogP contribution in [0.4, 0.5) is 5.13 Å². The van der Waals surface area contributed by atoms with E-state index >= 15 is 0 Å². The Morgan fingerprint density at radius 3 is 2.62 bits per heavy atom. The van der Waals surface area contributed by atoms with Crippen LogP contribution in [-0.2, 0) is 10.2 Å². The van der Waals surface area contributed by atoms with Crippen molar-refractivity contribution >= 4 is 38.3 Å². The zero-order valence-electron chi connectivity index (χ0n) is 12.8. The van der Waals surface area contributed by atoms with Crippen LogP contribution in [0.2, 0.25) is 0 Å². The predicted octanol–water partition coefficient (Wildman–Crippen LogP) is 3.91. The van der Waals surface area contributed by atoms with E-state index in [1.165, 1.54) is 11.3 Å². The third kappa shape index (κ3) is 3.52. The van der Waals surface area contributed by atoms with Gasteiger partial charge in [-0.15, -0.1) is 11.3 Å². The zero-order chi connectivity index (χ0) is 15.8. The number of hydrogen-bond donors (Lipinski definition) is 1. The van der Waals surface area contributed by atoms with E-state index in [1.54, 1.807) is 10.9 Å². The first kappa shape index (κ1) is 16.2. The van der Waals surface area contributed by atoms with Gasteiger partial charge in [-0.05, 0) is 29.8 Å². The van der Waals surface area contributed by atoms with Crippen molar-refractivity contribution in [2.75, 3.05) is 5.32 Å². The van der Waals surface area contributed by atoms with Crippen molar-refractivity contribution in [3.63, 3.8) is 0 Å². The molecule has 0 spiro atoms. The molecule has 0 saturated heterocycles. The molecule has 0 aliphatic carbocycles. The lowest BCUT2D eigenvalue weighted by Crippen LogP contribution is -2.25. The van der Waals surface area contributed by atoms with E-state index in [-0.39, 0.29) is 11.3 Å². The Kier molecular flexibility index (Phi) is 4.53. The number of nitrogens with zero attached hydrogens (tertiary/aromatic N) is 3. The summed E-state index contributed by atoms with van der Waals surface area (Å²) in [7, 11) is 0. The fourth-order valence-corrected chi connectivity index (χ4v) is 3.00. The maximum absolute atomic E-state index is 12.3. The first-order valence-electron chi connectivity index (χ1n) is 6.66. The Bertz CT molecular complexity index is 656. The van der Waals surface area contributed by atoms with Crippen LogP contribution in [0.3, 0.4) is 0 Å². The molecule has 0 aliphatic rings. The van der Waals surface area contributed by atoms with E-state index < -0.39 is 6.04 Å². The Hall–Kier alpha value is -1.21.